The maximum Gasteiger partial charge on any atom is 0.215 e. The van der Waals surface area contributed by atoms with Crippen molar-refractivity contribution in [3.8, 4) is 34.3 Å². The number of benzene rings is 2. The highest BCUT2D eigenvalue weighted by Crippen LogP contribution is 2.38. The minimum Gasteiger partial charge on any atom is -0.497 e. The Bertz CT molecular complexity index is 1250. The van der Waals surface area contributed by atoms with E-state index in [-0.39, 0.29) is 30.7 Å². The fraction of sp³-hybridized carbons (Fsp3) is 0.200. The van der Waals surface area contributed by atoms with Crippen LogP contribution in [0.4, 0.5) is 0 Å². The molecule has 2 heterocycles. The van der Waals surface area contributed by atoms with Gasteiger partial charge >= 0.3 is 0 Å². The average Bonchev–Trinajstić information content (AvgIpc) is 2.81. The third-order valence-corrected chi connectivity index (χ3v) is 5.38. The summed E-state index contributed by atoms with van der Waals surface area (Å²) in [5.41, 5.74) is 4.43. The Morgan fingerprint density at radius 2 is 1.42 bits per heavy atom. The van der Waals surface area contributed by atoms with Crippen LogP contribution in [0.5, 0.6) is 23.1 Å². The standard InChI is InChI=1S/C25H24N2O4.2ClH/c1-15-20-11-23(30-3)24(31-4)12-21(20)22(25(28)27-15)10-16-9-18(14-26-13-16)17-5-7-19(29-2)8-6-17;;/h5-9,11-14H,10H2,1-4H3,(H,27,28);2*1H. The van der Waals surface area contributed by atoms with E-state index in [9.17, 15) is 5.11 Å². The molecule has 0 aliphatic carbocycles. The second-order valence-corrected chi connectivity index (χ2v) is 7.24. The molecule has 8 heteroatoms. The van der Waals surface area contributed by atoms with E-state index >= 15 is 0 Å². The summed E-state index contributed by atoms with van der Waals surface area (Å²) >= 11 is 0. The van der Waals surface area contributed by atoms with Crippen LogP contribution in [0, 0.1) is 6.92 Å². The molecular formula is C25H26Cl2N2O4. The van der Waals surface area contributed by atoms with Crippen molar-refractivity contribution in [1.82, 2.24) is 9.97 Å². The summed E-state index contributed by atoms with van der Waals surface area (Å²) in [6.07, 6.45) is 4.10. The van der Waals surface area contributed by atoms with Crippen molar-refractivity contribution in [2.24, 2.45) is 0 Å². The zero-order chi connectivity index (χ0) is 22.0. The van der Waals surface area contributed by atoms with Crippen LogP contribution in [-0.4, -0.2) is 36.4 Å². The van der Waals surface area contributed by atoms with E-state index in [1.165, 1.54) is 0 Å². The van der Waals surface area contributed by atoms with Gasteiger partial charge in [0, 0.05) is 41.0 Å². The van der Waals surface area contributed by atoms with E-state index < -0.39 is 0 Å². The van der Waals surface area contributed by atoms with E-state index in [2.05, 4.69) is 16.0 Å². The topological polar surface area (TPSA) is 73.7 Å². The molecule has 33 heavy (non-hydrogen) atoms. The van der Waals surface area contributed by atoms with Crippen molar-refractivity contribution < 1.29 is 19.3 Å². The second kappa shape index (κ2) is 11.1. The molecule has 6 nitrogen and oxygen atoms in total. The van der Waals surface area contributed by atoms with Crippen LogP contribution in [0.15, 0.2) is 54.9 Å². The van der Waals surface area contributed by atoms with Gasteiger partial charge in [0.2, 0.25) is 5.88 Å². The zero-order valence-corrected chi connectivity index (χ0v) is 20.4. The van der Waals surface area contributed by atoms with Crippen molar-refractivity contribution in [3.05, 3.63) is 71.7 Å². The van der Waals surface area contributed by atoms with Crippen LogP contribution in [0.3, 0.4) is 0 Å². The van der Waals surface area contributed by atoms with Gasteiger partial charge in [0.25, 0.3) is 0 Å². The third kappa shape index (κ3) is 5.24. The highest BCUT2D eigenvalue weighted by molar-refractivity contribution is 5.92. The maximum absolute atomic E-state index is 10.7. The van der Waals surface area contributed by atoms with Gasteiger partial charge < -0.3 is 19.3 Å². The smallest absolute Gasteiger partial charge is 0.215 e. The Morgan fingerprint density at radius 3 is 2.03 bits per heavy atom. The van der Waals surface area contributed by atoms with Gasteiger partial charge in [-0.1, -0.05) is 12.1 Å². The van der Waals surface area contributed by atoms with Crippen molar-refractivity contribution in [2.75, 3.05) is 21.3 Å². The molecule has 0 radical (unpaired) electrons. The molecule has 4 aromatic rings. The Morgan fingerprint density at radius 1 is 0.788 bits per heavy atom. The molecule has 2 aromatic heterocycles. The minimum absolute atomic E-state index is 0. The first-order valence-corrected chi connectivity index (χ1v) is 9.86. The molecule has 0 aliphatic heterocycles. The first-order valence-electron chi connectivity index (χ1n) is 9.86. The molecule has 0 atom stereocenters. The Labute approximate surface area is 205 Å². The van der Waals surface area contributed by atoms with Gasteiger partial charge in [0.15, 0.2) is 11.5 Å². The number of pyridine rings is 2. The van der Waals surface area contributed by atoms with Gasteiger partial charge in [-0.2, -0.15) is 0 Å². The number of nitrogens with zero attached hydrogens (tertiary/aromatic N) is 2. The molecule has 1 N–H and O–H groups in total. The highest BCUT2D eigenvalue weighted by atomic mass is 35.5. The molecule has 0 bridgehead atoms. The summed E-state index contributed by atoms with van der Waals surface area (Å²) in [5.74, 6) is 2.04. The molecular weight excluding hydrogens is 463 g/mol. The van der Waals surface area contributed by atoms with Gasteiger partial charge in [0.05, 0.1) is 21.3 Å². The molecule has 0 spiro atoms. The second-order valence-electron chi connectivity index (χ2n) is 7.24. The zero-order valence-electron chi connectivity index (χ0n) is 18.8. The number of aromatic nitrogens is 2. The van der Waals surface area contributed by atoms with Crippen LogP contribution >= 0.6 is 24.8 Å². The summed E-state index contributed by atoms with van der Waals surface area (Å²) < 4.78 is 16.1. The number of ether oxygens (including phenoxy) is 3. The Hall–Kier alpha value is -3.22. The van der Waals surface area contributed by atoms with Gasteiger partial charge in [-0.25, -0.2) is 4.98 Å². The molecule has 0 unspecified atom stereocenters. The number of aromatic hydroxyl groups is 1. The quantitative estimate of drug-likeness (QED) is 0.371. The van der Waals surface area contributed by atoms with E-state index in [0.717, 1.165) is 44.5 Å². The molecule has 174 valence electrons. The van der Waals surface area contributed by atoms with Crippen LogP contribution < -0.4 is 14.2 Å². The molecule has 0 saturated heterocycles. The highest BCUT2D eigenvalue weighted by Gasteiger charge is 2.16. The average molecular weight is 489 g/mol. The SMILES string of the molecule is COc1ccc(-c2cncc(Cc3c(O)nc(C)c4cc(OC)c(OC)cc34)c2)cc1.Cl.Cl. The lowest BCUT2D eigenvalue weighted by atomic mass is 9.97. The summed E-state index contributed by atoms with van der Waals surface area (Å²) in [7, 11) is 4.85. The van der Waals surface area contributed by atoms with Crippen LogP contribution in [0.25, 0.3) is 21.9 Å². The number of hydrogen-bond acceptors (Lipinski definition) is 6. The minimum atomic E-state index is 0. The first-order chi connectivity index (χ1) is 15.0. The fourth-order valence-electron chi connectivity index (χ4n) is 3.74. The van der Waals surface area contributed by atoms with Gasteiger partial charge in [-0.05, 0) is 53.8 Å². The molecule has 0 fully saturated rings. The lowest BCUT2D eigenvalue weighted by molar-refractivity contribution is 0.355. The van der Waals surface area contributed by atoms with Crippen molar-refractivity contribution in [3.63, 3.8) is 0 Å². The van der Waals surface area contributed by atoms with Crippen molar-refractivity contribution >= 4 is 35.6 Å². The van der Waals surface area contributed by atoms with Crippen LogP contribution in [0.1, 0.15) is 16.8 Å². The maximum atomic E-state index is 10.7. The van der Waals surface area contributed by atoms with E-state index in [1.807, 2.05) is 49.5 Å². The summed E-state index contributed by atoms with van der Waals surface area (Å²) in [6.45, 7) is 1.86. The molecule has 4 rings (SSSR count). The number of fused-ring (bicyclic) bond motifs is 1. The monoisotopic (exact) mass is 488 g/mol. The largest absolute Gasteiger partial charge is 0.497 e. The Balaban J connectivity index is 0.00000193. The number of aryl methyl sites for hydroxylation is 1. The summed E-state index contributed by atoms with van der Waals surface area (Å²) in [5, 5.41) is 12.4. The number of halogens is 2. The molecule has 0 aliphatic rings. The van der Waals surface area contributed by atoms with E-state index in [1.54, 1.807) is 27.5 Å². The number of methoxy groups -OCH3 is 3. The third-order valence-electron chi connectivity index (χ3n) is 5.38. The van der Waals surface area contributed by atoms with Crippen LogP contribution in [0.2, 0.25) is 0 Å². The van der Waals surface area contributed by atoms with E-state index in [4.69, 9.17) is 14.2 Å². The fourth-order valence-corrected chi connectivity index (χ4v) is 3.74. The molecule has 2 aromatic carbocycles. The lowest BCUT2D eigenvalue weighted by Crippen LogP contribution is -1.99. The number of hydrogen-bond donors (Lipinski definition) is 1. The van der Waals surface area contributed by atoms with Gasteiger partial charge in [-0.15, -0.1) is 24.8 Å². The molecule has 0 saturated carbocycles. The Kier molecular flexibility index (Phi) is 8.74. The van der Waals surface area contributed by atoms with Crippen molar-refractivity contribution in [1.29, 1.82) is 0 Å². The van der Waals surface area contributed by atoms with Crippen molar-refractivity contribution in [2.45, 2.75) is 13.3 Å². The number of rotatable bonds is 6. The normalized spacial score (nSPS) is 10.2. The lowest BCUT2D eigenvalue weighted by Gasteiger charge is -2.15. The van der Waals surface area contributed by atoms with Crippen LogP contribution in [-0.2, 0) is 6.42 Å². The first kappa shape index (κ1) is 26.0. The predicted molar refractivity (Wildman–Crippen MR) is 135 cm³/mol. The van der Waals surface area contributed by atoms with Gasteiger partial charge in [0.1, 0.15) is 5.75 Å². The predicted octanol–water partition coefficient (Wildman–Crippen LogP) is 5.77. The van der Waals surface area contributed by atoms with E-state index in [0.29, 0.717) is 17.9 Å². The summed E-state index contributed by atoms with van der Waals surface area (Å²) in [6, 6.07) is 13.7. The molecule has 0 amide bonds. The van der Waals surface area contributed by atoms with Gasteiger partial charge in [-0.3, -0.25) is 4.98 Å². The summed E-state index contributed by atoms with van der Waals surface area (Å²) in [4.78, 5) is 8.76.